The van der Waals surface area contributed by atoms with Gasteiger partial charge in [0.2, 0.25) is 5.91 Å². The van der Waals surface area contributed by atoms with E-state index in [-0.39, 0.29) is 18.5 Å². The molecule has 1 saturated heterocycles. The number of ether oxygens (including phenoxy) is 3. The van der Waals surface area contributed by atoms with Crippen LogP contribution in [0.15, 0.2) is 48.6 Å². The van der Waals surface area contributed by atoms with Crippen LogP contribution in [0, 0.1) is 0 Å². The Morgan fingerprint density at radius 3 is 1.48 bits per heavy atom. The van der Waals surface area contributed by atoms with Crippen LogP contribution >= 0.6 is 0 Å². The van der Waals surface area contributed by atoms with Crippen molar-refractivity contribution in [1.82, 2.24) is 5.32 Å². The molecule has 1 heterocycles. The van der Waals surface area contributed by atoms with Crippen molar-refractivity contribution in [2.75, 3.05) is 19.8 Å². The summed E-state index contributed by atoms with van der Waals surface area (Å²) >= 11 is 0. The summed E-state index contributed by atoms with van der Waals surface area (Å²) in [6, 6.07) is -0.831. The number of aliphatic hydroxyl groups is 5. The Morgan fingerprint density at radius 2 is 0.958 bits per heavy atom. The summed E-state index contributed by atoms with van der Waals surface area (Å²) in [5.74, 6) is -0.248. The van der Waals surface area contributed by atoms with E-state index in [9.17, 15) is 35.1 Å². The van der Waals surface area contributed by atoms with Gasteiger partial charge in [0, 0.05) is 12.8 Å². The van der Waals surface area contributed by atoms with Gasteiger partial charge in [0.1, 0.15) is 24.4 Å². The first-order valence-corrected chi connectivity index (χ1v) is 29.4. The van der Waals surface area contributed by atoms with Crippen LogP contribution in [0.5, 0.6) is 0 Å². The van der Waals surface area contributed by atoms with Crippen molar-refractivity contribution < 1.29 is 49.3 Å². The minimum atomic E-state index is -1.58. The SMILES string of the molecule is CCCCCCC/C=C/CC/C=C/C(O)C(COC1OC(CO)C(O)C(O)C1O)NC(=O)CCCCCCCCCCCCCCCC/C=C\C/C=C\CCOC(=O)CCCCCCCCCCCCC. The second-order valence-corrected chi connectivity index (χ2v) is 20.3. The second-order valence-electron chi connectivity index (χ2n) is 20.3. The van der Waals surface area contributed by atoms with Crippen LogP contribution in [0.4, 0.5) is 0 Å². The van der Waals surface area contributed by atoms with Crippen molar-refractivity contribution in [3.05, 3.63) is 48.6 Å². The average molecular weight is 1000 g/mol. The van der Waals surface area contributed by atoms with Crippen LogP contribution in [-0.2, 0) is 23.8 Å². The lowest BCUT2D eigenvalue weighted by atomic mass is 9.99. The van der Waals surface area contributed by atoms with Crippen molar-refractivity contribution in [2.45, 2.75) is 301 Å². The Bertz CT molecular complexity index is 1320. The number of hydrogen-bond acceptors (Lipinski definition) is 10. The van der Waals surface area contributed by atoms with Crippen LogP contribution in [-0.4, -0.2) is 100 Å². The molecule has 1 amide bonds. The van der Waals surface area contributed by atoms with Crippen molar-refractivity contribution in [3.8, 4) is 0 Å². The van der Waals surface area contributed by atoms with E-state index in [0.29, 0.717) is 19.4 Å². The number of allylic oxidation sites excluding steroid dienone is 6. The third-order valence-corrected chi connectivity index (χ3v) is 13.7. The van der Waals surface area contributed by atoms with Gasteiger partial charge in [-0.2, -0.15) is 0 Å². The Hall–Kier alpha value is -2.38. The third kappa shape index (κ3) is 39.7. The van der Waals surface area contributed by atoms with E-state index in [1.807, 2.05) is 6.08 Å². The molecular formula is C60H109NO10. The fraction of sp³-hybridized carbons (Fsp3) is 0.833. The monoisotopic (exact) mass is 1000 g/mol. The van der Waals surface area contributed by atoms with Gasteiger partial charge in [-0.15, -0.1) is 0 Å². The molecule has 11 nitrogen and oxygen atoms in total. The summed E-state index contributed by atoms with van der Waals surface area (Å²) in [6.07, 6.45) is 52.2. The molecule has 414 valence electrons. The fourth-order valence-electron chi connectivity index (χ4n) is 8.99. The zero-order valence-corrected chi connectivity index (χ0v) is 45.4. The molecule has 0 saturated carbocycles. The first kappa shape index (κ1) is 66.6. The van der Waals surface area contributed by atoms with Crippen LogP contribution < -0.4 is 5.32 Å². The predicted octanol–water partition coefficient (Wildman–Crippen LogP) is 13.3. The summed E-state index contributed by atoms with van der Waals surface area (Å²) in [4.78, 5) is 25.0. The van der Waals surface area contributed by atoms with Gasteiger partial charge in [-0.25, -0.2) is 0 Å². The van der Waals surface area contributed by atoms with Gasteiger partial charge in [0.05, 0.1) is 32.0 Å². The number of aliphatic hydroxyl groups excluding tert-OH is 5. The highest BCUT2D eigenvalue weighted by atomic mass is 16.7. The smallest absolute Gasteiger partial charge is 0.305 e. The van der Waals surface area contributed by atoms with Crippen molar-refractivity contribution >= 4 is 11.9 Å². The molecule has 1 aliphatic rings. The molecule has 1 aliphatic heterocycles. The fourth-order valence-corrected chi connectivity index (χ4v) is 8.99. The minimum absolute atomic E-state index is 0.0498. The molecule has 0 aromatic rings. The molecule has 0 aromatic heterocycles. The number of hydrogen-bond donors (Lipinski definition) is 6. The van der Waals surface area contributed by atoms with Gasteiger partial charge in [0.15, 0.2) is 6.29 Å². The molecule has 71 heavy (non-hydrogen) atoms. The Kier molecular flexibility index (Phi) is 46.7. The largest absolute Gasteiger partial charge is 0.465 e. The summed E-state index contributed by atoms with van der Waals surface area (Å²) in [6.45, 7) is 4.18. The summed E-state index contributed by atoms with van der Waals surface area (Å²) in [7, 11) is 0. The number of carbonyl (C=O) groups excluding carboxylic acids is 2. The lowest BCUT2D eigenvalue weighted by Gasteiger charge is -2.40. The highest BCUT2D eigenvalue weighted by molar-refractivity contribution is 5.76. The molecule has 1 rings (SSSR count). The minimum Gasteiger partial charge on any atom is -0.465 e. The van der Waals surface area contributed by atoms with Gasteiger partial charge in [-0.3, -0.25) is 9.59 Å². The van der Waals surface area contributed by atoms with Gasteiger partial charge in [-0.1, -0.05) is 229 Å². The van der Waals surface area contributed by atoms with Crippen molar-refractivity contribution in [3.63, 3.8) is 0 Å². The molecule has 7 atom stereocenters. The highest BCUT2D eigenvalue weighted by Gasteiger charge is 2.44. The lowest BCUT2D eigenvalue weighted by Crippen LogP contribution is -2.60. The van der Waals surface area contributed by atoms with E-state index < -0.39 is 49.5 Å². The molecule has 0 aliphatic carbocycles. The Morgan fingerprint density at radius 1 is 0.521 bits per heavy atom. The van der Waals surface area contributed by atoms with E-state index in [2.05, 4.69) is 55.6 Å². The second kappa shape index (κ2) is 49.8. The number of carbonyl (C=O) groups is 2. The zero-order chi connectivity index (χ0) is 51.7. The number of nitrogens with one attached hydrogen (secondary N) is 1. The third-order valence-electron chi connectivity index (χ3n) is 13.7. The summed E-state index contributed by atoms with van der Waals surface area (Å²) in [5.41, 5.74) is 0. The maximum absolute atomic E-state index is 13.0. The molecule has 0 radical (unpaired) electrons. The van der Waals surface area contributed by atoms with Crippen LogP contribution in [0.1, 0.15) is 258 Å². The maximum Gasteiger partial charge on any atom is 0.305 e. The molecule has 0 spiro atoms. The molecule has 0 aromatic carbocycles. The van der Waals surface area contributed by atoms with Crippen LogP contribution in [0.2, 0.25) is 0 Å². The molecule has 1 fully saturated rings. The van der Waals surface area contributed by atoms with Crippen LogP contribution in [0.3, 0.4) is 0 Å². The number of rotatable bonds is 50. The Labute approximate surface area is 434 Å². The van der Waals surface area contributed by atoms with E-state index in [0.717, 1.165) is 77.0 Å². The quantitative estimate of drug-likeness (QED) is 0.0195. The summed E-state index contributed by atoms with van der Waals surface area (Å²) < 4.78 is 16.6. The maximum atomic E-state index is 13.0. The zero-order valence-electron chi connectivity index (χ0n) is 45.4. The van der Waals surface area contributed by atoms with Gasteiger partial charge >= 0.3 is 5.97 Å². The van der Waals surface area contributed by atoms with Gasteiger partial charge in [-0.05, 0) is 64.2 Å². The average Bonchev–Trinajstić information content (AvgIpc) is 3.37. The van der Waals surface area contributed by atoms with Crippen molar-refractivity contribution in [1.29, 1.82) is 0 Å². The molecule has 11 heteroatoms. The molecule has 6 N–H and O–H groups in total. The predicted molar refractivity (Wildman–Crippen MR) is 292 cm³/mol. The number of unbranched alkanes of at least 4 members (excludes halogenated alkanes) is 30. The Balaban J connectivity index is 2.09. The van der Waals surface area contributed by atoms with E-state index >= 15 is 0 Å². The normalized spacial score (nSPS) is 19.5. The number of amides is 1. The topological polar surface area (TPSA) is 175 Å². The van der Waals surface area contributed by atoms with Gasteiger partial charge in [0.25, 0.3) is 0 Å². The van der Waals surface area contributed by atoms with E-state index in [1.165, 1.54) is 154 Å². The highest BCUT2D eigenvalue weighted by Crippen LogP contribution is 2.23. The van der Waals surface area contributed by atoms with Gasteiger partial charge < -0.3 is 45.1 Å². The molecule has 0 bridgehead atoms. The molecular weight excluding hydrogens is 895 g/mol. The molecule has 7 unspecified atom stereocenters. The van der Waals surface area contributed by atoms with Crippen LogP contribution in [0.25, 0.3) is 0 Å². The lowest BCUT2D eigenvalue weighted by molar-refractivity contribution is -0.302. The van der Waals surface area contributed by atoms with Crippen molar-refractivity contribution in [2.24, 2.45) is 0 Å². The van der Waals surface area contributed by atoms with E-state index in [4.69, 9.17) is 14.2 Å². The summed E-state index contributed by atoms with van der Waals surface area (Å²) in [5, 5.41) is 54.2. The first-order chi connectivity index (χ1) is 34.7. The number of esters is 1. The first-order valence-electron chi connectivity index (χ1n) is 29.4. The van der Waals surface area contributed by atoms with E-state index in [1.54, 1.807) is 6.08 Å². The standard InChI is InChI=1S/C60H109NO10/c1-3-5-7-9-11-13-26-30-34-38-42-46-53(63)52(51-70-60-59(68)58(67)57(66)54(50-62)71-60)61-55(64)47-43-39-35-31-28-24-22-20-18-16-15-17-19-21-23-25-29-33-37-41-45-49-69-56(65)48-44-40-36-32-27-14-12-10-8-6-4-2/h25-26,29-30,37,41-42,46,52-54,57-60,62-63,66-68H,3-24,27-28,31-36,38-40,43-45,47-51H2,1-2H3,(H,61,64)/b29-25-,30-26+,41-37-,46-42+.